The Labute approximate surface area is 288 Å². The molecular weight excluding hydrogens is 633 g/mol. The van der Waals surface area contributed by atoms with Crippen molar-refractivity contribution >= 4 is 74.9 Å². The molecule has 0 atom stereocenters. The monoisotopic (exact) mass is 660 g/mol. The van der Waals surface area contributed by atoms with Crippen LogP contribution < -0.4 is 0 Å². The maximum atomic E-state index is 13.8. The molecule has 0 amide bonds. The molecule has 0 bridgehead atoms. The summed E-state index contributed by atoms with van der Waals surface area (Å²) in [5.41, 5.74) is 5.68. The van der Waals surface area contributed by atoms with Crippen molar-refractivity contribution in [3.63, 3.8) is 0 Å². The van der Waals surface area contributed by atoms with E-state index in [9.17, 15) is 8.42 Å². The third-order valence-electron chi connectivity index (χ3n) is 10.0. The fourth-order valence-electron chi connectivity index (χ4n) is 7.78. The predicted molar refractivity (Wildman–Crippen MR) is 207 cm³/mol. The standard InChI is InChI=1S/C46H28O3S/c47-50(48,33-17-2-1-3-18-33)34-19-12-16-32(25-34)43-36-21-8-10-23-38(36)44(39-24-11-9-22-37(39)43)41-27-31-15-6-7-20-35(31)45-40-26-29-13-4-5-14-30(29)28-42(40)49-46(41)45/h1-28H. The van der Waals surface area contributed by atoms with Crippen molar-refractivity contribution in [2.45, 2.75) is 9.79 Å². The first kappa shape index (κ1) is 28.8. The molecule has 10 aromatic rings. The minimum Gasteiger partial charge on any atom is -0.455 e. The normalized spacial score (nSPS) is 12.2. The van der Waals surface area contributed by atoms with Crippen LogP contribution in [0, 0.1) is 0 Å². The van der Waals surface area contributed by atoms with Crippen molar-refractivity contribution < 1.29 is 12.8 Å². The minimum atomic E-state index is -3.71. The van der Waals surface area contributed by atoms with E-state index in [0.717, 1.165) is 81.9 Å². The van der Waals surface area contributed by atoms with Gasteiger partial charge in [-0.1, -0.05) is 127 Å². The van der Waals surface area contributed by atoms with Gasteiger partial charge in [-0.15, -0.1) is 0 Å². The number of hydrogen-bond donors (Lipinski definition) is 0. The maximum absolute atomic E-state index is 13.8. The molecule has 0 aliphatic heterocycles. The summed E-state index contributed by atoms with van der Waals surface area (Å²) in [7, 11) is -3.71. The fraction of sp³-hybridized carbons (Fsp3) is 0. The third-order valence-corrected chi connectivity index (χ3v) is 11.8. The van der Waals surface area contributed by atoms with Gasteiger partial charge in [0.2, 0.25) is 9.84 Å². The lowest BCUT2D eigenvalue weighted by molar-refractivity contribution is 0.596. The molecular formula is C46H28O3S. The molecule has 1 heterocycles. The van der Waals surface area contributed by atoms with Crippen molar-refractivity contribution in [1.82, 2.24) is 0 Å². The van der Waals surface area contributed by atoms with Gasteiger partial charge >= 0.3 is 0 Å². The first-order valence-electron chi connectivity index (χ1n) is 16.7. The molecule has 0 fully saturated rings. The molecule has 4 heteroatoms. The van der Waals surface area contributed by atoms with Crippen LogP contribution in [0.4, 0.5) is 0 Å². The zero-order chi connectivity index (χ0) is 33.4. The molecule has 0 saturated carbocycles. The van der Waals surface area contributed by atoms with Crippen molar-refractivity contribution in [2.24, 2.45) is 0 Å². The molecule has 0 N–H and O–H groups in total. The zero-order valence-corrected chi connectivity index (χ0v) is 27.6. The second kappa shape index (κ2) is 10.9. The van der Waals surface area contributed by atoms with Crippen LogP contribution >= 0.6 is 0 Å². The van der Waals surface area contributed by atoms with Crippen molar-refractivity contribution in [3.8, 4) is 22.3 Å². The molecule has 10 rings (SSSR count). The first-order valence-corrected chi connectivity index (χ1v) is 18.2. The summed E-state index contributed by atoms with van der Waals surface area (Å²) in [6, 6.07) is 56.5. The van der Waals surface area contributed by atoms with Crippen LogP contribution in [0.25, 0.3) is 87.3 Å². The van der Waals surface area contributed by atoms with Crippen LogP contribution in [0.5, 0.6) is 0 Å². The summed E-state index contributed by atoms with van der Waals surface area (Å²) < 4.78 is 34.4. The summed E-state index contributed by atoms with van der Waals surface area (Å²) >= 11 is 0. The molecule has 50 heavy (non-hydrogen) atoms. The second-order valence-electron chi connectivity index (χ2n) is 12.8. The van der Waals surface area contributed by atoms with Crippen molar-refractivity contribution in [3.05, 3.63) is 170 Å². The molecule has 0 unspecified atom stereocenters. The Morgan fingerprint density at radius 1 is 0.400 bits per heavy atom. The summed E-state index contributed by atoms with van der Waals surface area (Å²) in [5, 5.41) is 11.0. The molecule has 0 aliphatic rings. The quantitative estimate of drug-likeness (QED) is 0.177. The number of benzene rings is 9. The van der Waals surface area contributed by atoms with E-state index in [1.807, 2.05) is 24.3 Å². The average Bonchev–Trinajstić information content (AvgIpc) is 3.55. The van der Waals surface area contributed by atoms with Crippen molar-refractivity contribution in [2.75, 3.05) is 0 Å². The van der Waals surface area contributed by atoms with Gasteiger partial charge in [-0.3, -0.25) is 0 Å². The zero-order valence-electron chi connectivity index (χ0n) is 26.8. The van der Waals surface area contributed by atoms with Gasteiger partial charge in [-0.05, 0) is 96.7 Å². The molecule has 0 radical (unpaired) electrons. The molecule has 3 nitrogen and oxygen atoms in total. The van der Waals surface area contributed by atoms with E-state index in [1.54, 1.807) is 30.3 Å². The van der Waals surface area contributed by atoms with Crippen LogP contribution in [0.2, 0.25) is 0 Å². The molecule has 1 aromatic heterocycles. The summed E-state index contributed by atoms with van der Waals surface area (Å²) in [6.45, 7) is 0. The summed E-state index contributed by atoms with van der Waals surface area (Å²) in [6.07, 6.45) is 0. The van der Waals surface area contributed by atoms with Gasteiger partial charge in [0.25, 0.3) is 0 Å². The molecule has 9 aromatic carbocycles. The largest absolute Gasteiger partial charge is 0.455 e. The lowest BCUT2D eigenvalue weighted by atomic mass is 9.85. The summed E-state index contributed by atoms with van der Waals surface area (Å²) in [5.74, 6) is 0. The highest BCUT2D eigenvalue weighted by molar-refractivity contribution is 7.91. The Balaban J connectivity index is 1.31. The Hall–Kier alpha value is -6.23. The Kier molecular flexibility index (Phi) is 6.26. The minimum absolute atomic E-state index is 0.268. The highest BCUT2D eigenvalue weighted by Gasteiger charge is 2.23. The lowest BCUT2D eigenvalue weighted by Crippen LogP contribution is -2.02. The highest BCUT2D eigenvalue weighted by Crippen LogP contribution is 2.48. The van der Waals surface area contributed by atoms with E-state index in [1.165, 1.54) is 5.39 Å². The van der Waals surface area contributed by atoms with Crippen LogP contribution in [0.3, 0.4) is 0 Å². The number of rotatable bonds is 4. The smallest absolute Gasteiger partial charge is 0.206 e. The van der Waals surface area contributed by atoms with Gasteiger partial charge < -0.3 is 4.42 Å². The van der Waals surface area contributed by atoms with Crippen LogP contribution in [0.15, 0.2) is 184 Å². The van der Waals surface area contributed by atoms with E-state index in [2.05, 4.69) is 115 Å². The summed E-state index contributed by atoms with van der Waals surface area (Å²) in [4.78, 5) is 0.547. The van der Waals surface area contributed by atoms with E-state index in [4.69, 9.17) is 4.42 Å². The highest BCUT2D eigenvalue weighted by atomic mass is 32.2. The maximum Gasteiger partial charge on any atom is 0.206 e. The van der Waals surface area contributed by atoms with Crippen LogP contribution in [-0.4, -0.2) is 8.42 Å². The SMILES string of the molecule is O=S(=O)(c1ccccc1)c1cccc(-c2c3ccccc3c(-c3cc4ccccc4c4c3oc3cc5ccccc5cc34)c3ccccc23)c1. The molecule has 0 saturated heterocycles. The van der Waals surface area contributed by atoms with E-state index < -0.39 is 9.84 Å². The lowest BCUT2D eigenvalue weighted by Gasteiger charge is -2.18. The topological polar surface area (TPSA) is 47.3 Å². The number of sulfone groups is 1. The molecule has 0 aliphatic carbocycles. The Bertz CT molecular complexity index is 3040. The predicted octanol–water partition coefficient (Wildman–Crippen LogP) is 12.4. The number of furan rings is 1. The van der Waals surface area contributed by atoms with Gasteiger partial charge in [0.1, 0.15) is 11.2 Å². The number of hydrogen-bond acceptors (Lipinski definition) is 3. The van der Waals surface area contributed by atoms with Gasteiger partial charge in [0.05, 0.1) is 9.79 Å². The van der Waals surface area contributed by atoms with E-state index >= 15 is 0 Å². The van der Waals surface area contributed by atoms with Gasteiger partial charge in [-0.25, -0.2) is 8.42 Å². The first-order chi connectivity index (χ1) is 24.6. The fourth-order valence-corrected chi connectivity index (χ4v) is 9.11. The Morgan fingerprint density at radius 2 is 0.940 bits per heavy atom. The van der Waals surface area contributed by atoms with E-state index in [0.29, 0.717) is 0 Å². The van der Waals surface area contributed by atoms with Gasteiger partial charge in [0, 0.05) is 21.9 Å². The van der Waals surface area contributed by atoms with Gasteiger partial charge in [0.15, 0.2) is 0 Å². The number of fused-ring (bicyclic) bond motifs is 8. The van der Waals surface area contributed by atoms with E-state index in [-0.39, 0.29) is 9.79 Å². The molecule has 236 valence electrons. The average molecular weight is 661 g/mol. The van der Waals surface area contributed by atoms with Crippen LogP contribution in [-0.2, 0) is 9.84 Å². The molecule has 0 spiro atoms. The second-order valence-corrected chi connectivity index (χ2v) is 14.8. The van der Waals surface area contributed by atoms with Crippen LogP contribution in [0.1, 0.15) is 0 Å². The Morgan fingerprint density at radius 3 is 1.62 bits per heavy atom. The van der Waals surface area contributed by atoms with Gasteiger partial charge in [-0.2, -0.15) is 0 Å². The third kappa shape index (κ3) is 4.25. The van der Waals surface area contributed by atoms with Crippen molar-refractivity contribution in [1.29, 1.82) is 0 Å².